The van der Waals surface area contributed by atoms with Gasteiger partial charge in [0.1, 0.15) is 0 Å². The number of alkyl halides is 3. The first-order valence-corrected chi connectivity index (χ1v) is 4.22. The second-order valence-electron chi connectivity index (χ2n) is 3.32. The highest BCUT2D eigenvalue weighted by molar-refractivity contribution is 6.04. The van der Waals surface area contributed by atoms with Crippen molar-refractivity contribution in [3.63, 3.8) is 0 Å². The molecule has 1 aromatic carbocycles. The molecule has 5 heteroatoms. The molecule has 2 nitrogen and oxygen atoms in total. The standard InChI is InChI=1S/C10H10F3NO/c1-6-3-7(2)5-8(4-6)9(14-15)10(11,12)13/h3-5,15H,1-2H3/b14-9+. The molecule has 0 saturated carbocycles. The van der Waals surface area contributed by atoms with Crippen molar-refractivity contribution in [3.05, 3.63) is 34.9 Å². The number of rotatable bonds is 1. The maximum absolute atomic E-state index is 12.4. The topological polar surface area (TPSA) is 32.6 Å². The van der Waals surface area contributed by atoms with Gasteiger partial charge >= 0.3 is 6.18 Å². The van der Waals surface area contributed by atoms with Gasteiger partial charge in [0.15, 0.2) is 5.71 Å². The van der Waals surface area contributed by atoms with Crippen LogP contribution in [-0.4, -0.2) is 17.1 Å². The van der Waals surface area contributed by atoms with Gasteiger partial charge in [-0.05, 0) is 26.0 Å². The first-order valence-electron chi connectivity index (χ1n) is 4.22. The monoisotopic (exact) mass is 217 g/mol. The van der Waals surface area contributed by atoms with E-state index in [-0.39, 0.29) is 5.56 Å². The van der Waals surface area contributed by atoms with Crippen molar-refractivity contribution in [2.75, 3.05) is 0 Å². The van der Waals surface area contributed by atoms with E-state index in [1.54, 1.807) is 19.9 Å². The fraction of sp³-hybridized carbons (Fsp3) is 0.300. The van der Waals surface area contributed by atoms with Gasteiger partial charge in [-0.2, -0.15) is 13.2 Å². The van der Waals surface area contributed by atoms with Crippen LogP contribution in [0.15, 0.2) is 23.4 Å². The van der Waals surface area contributed by atoms with E-state index in [0.29, 0.717) is 11.1 Å². The summed E-state index contributed by atoms with van der Waals surface area (Å²) in [5.41, 5.74) is -0.0115. The molecule has 0 fully saturated rings. The predicted molar refractivity (Wildman–Crippen MR) is 50.3 cm³/mol. The molecule has 15 heavy (non-hydrogen) atoms. The van der Waals surface area contributed by atoms with Gasteiger partial charge in [-0.3, -0.25) is 0 Å². The average Bonchev–Trinajstić information content (AvgIpc) is 1.99. The molecule has 1 rings (SSSR count). The number of aryl methyl sites for hydroxylation is 2. The van der Waals surface area contributed by atoms with Gasteiger partial charge in [-0.15, -0.1) is 0 Å². The zero-order chi connectivity index (χ0) is 11.6. The fourth-order valence-electron chi connectivity index (χ4n) is 1.39. The number of halogens is 3. The van der Waals surface area contributed by atoms with E-state index in [0.717, 1.165) is 0 Å². The van der Waals surface area contributed by atoms with Crippen LogP contribution in [0.2, 0.25) is 0 Å². The lowest BCUT2D eigenvalue weighted by atomic mass is 10.0. The Bertz CT molecular complexity index is 376. The third-order valence-corrected chi connectivity index (χ3v) is 1.86. The van der Waals surface area contributed by atoms with Crippen molar-refractivity contribution in [3.8, 4) is 0 Å². The molecule has 0 bridgehead atoms. The van der Waals surface area contributed by atoms with Crippen molar-refractivity contribution in [1.29, 1.82) is 0 Å². The van der Waals surface area contributed by atoms with Crippen LogP contribution in [0.3, 0.4) is 0 Å². The largest absolute Gasteiger partial charge is 0.437 e. The molecule has 0 saturated heterocycles. The van der Waals surface area contributed by atoms with Crippen LogP contribution in [0, 0.1) is 13.8 Å². The fourth-order valence-corrected chi connectivity index (χ4v) is 1.39. The van der Waals surface area contributed by atoms with Gasteiger partial charge in [-0.1, -0.05) is 22.3 Å². The van der Waals surface area contributed by atoms with E-state index in [1.165, 1.54) is 12.1 Å². The van der Waals surface area contributed by atoms with Crippen molar-refractivity contribution < 1.29 is 18.4 Å². The van der Waals surface area contributed by atoms with Gasteiger partial charge in [-0.25, -0.2) is 0 Å². The van der Waals surface area contributed by atoms with Crippen LogP contribution < -0.4 is 0 Å². The maximum Gasteiger partial charge on any atom is 0.437 e. The normalized spacial score (nSPS) is 13.0. The summed E-state index contributed by atoms with van der Waals surface area (Å²) in [4.78, 5) is 0. The molecule has 0 aliphatic rings. The molecule has 1 aromatic rings. The van der Waals surface area contributed by atoms with E-state index < -0.39 is 11.9 Å². The van der Waals surface area contributed by atoms with Crippen LogP contribution in [0.5, 0.6) is 0 Å². The summed E-state index contributed by atoms with van der Waals surface area (Å²) in [6.07, 6.45) is -4.64. The molecule has 0 heterocycles. The lowest BCUT2D eigenvalue weighted by Gasteiger charge is -2.10. The predicted octanol–water partition coefficient (Wildman–Crippen LogP) is 3.04. The molecule has 0 spiro atoms. The Morgan fingerprint density at radius 1 is 1.13 bits per heavy atom. The highest BCUT2D eigenvalue weighted by Crippen LogP contribution is 2.23. The zero-order valence-corrected chi connectivity index (χ0v) is 8.26. The van der Waals surface area contributed by atoms with Crippen LogP contribution >= 0.6 is 0 Å². The lowest BCUT2D eigenvalue weighted by molar-refractivity contribution is -0.0601. The zero-order valence-electron chi connectivity index (χ0n) is 8.26. The first-order chi connectivity index (χ1) is 6.84. The lowest BCUT2D eigenvalue weighted by Crippen LogP contribution is -2.24. The highest BCUT2D eigenvalue weighted by Gasteiger charge is 2.37. The Kier molecular flexibility index (Phi) is 3.02. The number of hydrogen-bond donors (Lipinski definition) is 1. The third-order valence-electron chi connectivity index (χ3n) is 1.86. The molecule has 0 unspecified atom stereocenters. The Morgan fingerprint density at radius 3 is 1.93 bits per heavy atom. The quantitative estimate of drug-likeness (QED) is 0.437. The molecule has 1 N–H and O–H groups in total. The van der Waals surface area contributed by atoms with E-state index in [4.69, 9.17) is 5.21 Å². The number of benzene rings is 1. The molecular weight excluding hydrogens is 207 g/mol. The first kappa shape index (κ1) is 11.6. The van der Waals surface area contributed by atoms with Gasteiger partial charge < -0.3 is 5.21 Å². The Balaban J connectivity index is 3.26. The Labute approximate surface area is 85.0 Å². The van der Waals surface area contributed by atoms with Crippen LogP contribution in [0.25, 0.3) is 0 Å². The van der Waals surface area contributed by atoms with E-state index in [2.05, 4.69) is 5.16 Å². The Hall–Kier alpha value is -1.52. The van der Waals surface area contributed by atoms with Crippen molar-refractivity contribution in [1.82, 2.24) is 0 Å². The second-order valence-corrected chi connectivity index (χ2v) is 3.32. The molecule has 0 aliphatic carbocycles. The van der Waals surface area contributed by atoms with Crippen molar-refractivity contribution >= 4 is 5.71 Å². The molecular formula is C10H10F3NO. The minimum absolute atomic E-state index is 0.123. The van der Waals surface area contributed by atoms with Gasteiger partial charge in [0.25, 0.3) is 0 Å². The molecule has 82 valence electrons. The van der Waals surface area contributed by atoms with E-state index >= 15 is 0 Å². The summed E-state index contributed by atoms with van der Waals surface area (Å²) in [5.74, 6) is 0. The molecule has 0 aromatic heterocycles. The third kappa shape index (κ3) is 2.71. The van der Waals surface area contributed by atoms with Crippen LogP contribution in [-0.2, 0) is 0 Å². The van der Waals surface area contributed by atoms with Gasteiger partial charge in [0.2, 0.25) is 0 Å². The summed E-state index contributed by atoms with van der Waals surface area (Å²) >= 11 is 0. The van der Waals surface area contributed by atoms with Crippen LogP contribution in [0.1, 0.15) is 16.7 Å². The second kappa shape index (κ2) is 3.92. The summed E-state index contributed by atoms with van der Waals surface area (Å²) in [7, 11) is 0. The highest BCUT2D eigenvalue weighted by atomic mass is 19.4. The molecule has 0 atom stereocenters. The number of hydrogen-bond acceptors (Lipinski definition) is 2. The molecule has 0 radical (unpaired) electrons. The number of oxime groups is 1. The van der Waals surface area contributed by atoms with Gasteiger partial charge in [0, 0.05) is 5.56 Å². The summed E-state index contributed by atoms with van der Waals surface area (Å²) in [5, 5.41) is 10.7. The van der Waals surface area contributed by atoms with E-state index in [9.17, 15) is 13.2 Å². The summed E-state index contributed by atoms with van der Waals surface area (Å²) in [6, 6.07) is 4.40. The van der Waals surface area contributed by atoms with Crippen LogP contribution in [0.4, 0.5) is 13.2 Å². The minimum atomic E-state index is -4.64. The summed E-state index contributed by atoms with van der Waals surface area (Å²) in [6.45, 7) is 3.36. The van der Waals surface area contributed by atoms with Gasteiger partial charge in [0.05, 0.1) is 0 Å². The molecule has 0 aliphatic heterocycles. The molecule has 0 amide bonds. The SMILES string of the molecule is Cc1cc(C)cc(/C(=N\O)C(F)(F)F)c1. The summed E-state index contributed by atoms with van der Waals surface area (Å²) < 4.78 is 37.1. The van der Waals surface area contributed by atoms with E-state index in [1.807, 2.05) is 0 Å². The number of nitrogens with zero attached hydrogens (tertiary/aromatic N) is 1. The minimum Gasteiger partial charge on any atom is -0.410 e. The Morgan fingerprint density at radius 2 is 1.60 bits per heavy atom. The average molecular weight is 217 g/mol. The smallest absolute Gasteiger partial charge is 0.410 e. The van der Waals surface area contributed by atoms with Crippen molar-refractivity contribution in [2.24, 2.45) is 5.16 Å². The maximum atomic E-state index is 12.4. The van der Waals surface area contributed by atoms with Crippen molar-refractivity contribution in [2.45, 2.75) is 20.0 Å².